The molecule has 40 heavy (non-hydrogen) atoms. The monoisotopic (exact) mass is 550 g/mol. The summed E-state index contributed by atoms with van der Waals surface area (Å²) in [6.07, 6.45) is 2.30. The molecule has 0 radical (unpaired) electrons. The molecule has 8 heteroatoms. The molecule has 0 spiro atoms. The van der Waals surface area contributed by atoms with E-state index in [-0.39, 0.29) is 0 Å². The van der Waals surface area contributed by atoms with Gasteiger partial charge in [-0.15, -0.1) is 11.3 Å². The van der Waals surface area contributed by atoms with Gasteiger partial charge in [-0.3, -0.25) is 9.78 Å². The molecule has 6 rings (SSSR count). The van der Waals surface area contributed by atoms with E-state index in [2.05, 4.69) is 40.6 Å². The van der Waals surface area contributed by atoms with Crippen LogP contribution in [0.25, 0.3) is 10.9 Å². The van der Waals surface area contributed by atoms with Crippen molar-refractivity contribution < 1.29 is 14.3 Å². The van der Waals surface area contributed by atoms with Crippen molar-refractivity contribution in [1.29, 1.82) is 5.26 Å². The Morgan fingerprint density at radius 3 is 2.70 bits per heavy atom. The Morgan fingerprint density at radius 1 is 1.12 bits per heavy atom. The Balaban J connectivity index is 1.22. The Bertz CT molecular complexity index is 1660. The normalized spacial score (nSPS) is 17.4. The van der Waals surface area contributed by atoms with Crippen LogP contribution < -0.4 is 5.32 Å². The van der Waals surface area contributed by atoms with Crippen molar-refractivity contribution in [2.24, 2.45) is 0 Å². The number of carbonyl (C=O) groups is 2. The number of thiophene rings is 1. The molecular formula is C32H30N4O3S. The van der Waals surface area contributed by atoms with Gasteiger partial charge in [-0.25, -0.2) is 4.79 Å². The molecule has 2 atom stereocenters. The topological polar surface area (TPSA) is 95.3 Å². The number of benzene rings is 2. The molecule has 2 aromatic carbocycles. The lowest BCUT2D eigenvalue weighted by molar-refractivity contribution is -0.123. The van der Waals surface area contributed by atoms with E-state index in [1.807, 2.05) is 37.4 Å². The predicted octanol–water partition coefficient (Wildman–Crippen LogP) is 5.61. The molecule has 2 aromatic heterocycles. The zero-order valence-corrected chi connectivity index (χ0v) is 23.4. The Kier molecular flexibility index (Phi) is 7.09. The molecule has 0 saturated heterocycles. The van der Waals surface area contributed by atoms with Crippen LogP contribution >= 0.6 is 11.3 Å². The van der Waals surface area contributed by atoms with Crippen LogP contribution in [0.3, 0.4) is 0 Å². The number of likely N-dealkylation sites (N-methyl/N-ethyl adjacent to an activating group) is 1. The van der Waals surface area contributed by atoms with Crippen LogP contribution in [-0.4, -0.2) is 41.5 Å². The summed E-state index contributed by atoms with van der Waals surface area (Å²) in [5.74, 6) is -0.598. The highest BCUT2D eigenvalue weighted by atomic mass is 32.1. The number of rotatable bonds is 5. The number of fused-ring (bicyclic) bond motifs is 3. The lowest BCUT2D eigenvalue weighted by atomic mass is 9.83. The Labute approximate surface area is 237 Å². The smallest absolute Gasteiger partial charge is 0.339 e. The number of ether oxygens (including phenoxy) is 1. The van der Waals surface area contributed by atoms with Gasteiger partial charge in [0, 0.05) is 41.0 Å². The Hall–Kier alpha value is -4.06. The number of nitrogens with one attached hydrogen (secondary N) is 1. The van der Waals surface area contributed by atoms with E-state index in [0.717, 1.165) is 64.8 Å². The summed E-state index contributed by atoms with van der Waals surface area (Å²) in [5.41, 5.74) is 5.82. The molecular weight excluding hydrogens is 520 g/mol. The summed E-state index contributed by atoms with van der Waals surface area (Å²) >= 11 is 1.46. The summed E-state index contributed by atoms with van der Waals surface area (Å²) in [5, 5.41) is 14.1. The van der Waals surface area contributed by atoms with Crippen molar-refractivity contribution in [3.8, 4) is 6.07 Å². The summed E-state index contributed by atoms with van der Waals surface area (Å²) in [6, 6.07) is 20.3. The first-order valence-electron chi connectivity index (χ1n) is 13.6. The number of esters is 1. The van der Waals surface area contributed by atoms with Gasteiger partial charge in [0.05, 0.1) is 16.6 Å². The fourth-order valence-electron chi connectivity index (χ4n) is 5.85. The van der Waals surface area contributed by atoms with Crippen LogP contribution in [0.5, 0.6) is 0 Å². The van der Waals surface area contributed by atoms with E-state index in [9.17, 15) is 14.9 Å². The summed E-state index contributed by atoms with van der Waals surface area (Å²) < 4.78 is 5.75. The second kappa shape index (κ2) is 10.8. The second-order valence-electron chi connectivity index (χ2n) is 10.6. The van der Waals surface area contributed by atoms with Gasteiger partial charge in [-0.1, -0.05) is 48.5 Å². The standard InChI is InChI=1S/C32H30N4O3S/c1-19(39-32(38)29-23-10-6-7-11-26(23)34-27-14-15-36(2)18-25(27)29)30(37)35-31-24(17-33)22-13-12-21(16-28(22)40-31)20-8-4-3-5-9-20/h3-11,19,21H,12-16,18H2,1-2H3,(H,35,37). The SMILES string of the molecule is CC(OC(=O)c1c2c(nc3ccccc13)CCN(C)C2)C(=O)Nc1sc2c(c1C#N)CCC(c1ccccc1)C2. The van der Waals surface area contributed by atoms with Gasteiger partial charge in [-0.2, -0.15) is 5.26 Å². The van der Waals surface area contributed by atoms with E-state index in [1.165, 1.54) is 16.9 Å². The minimum atomic E-state index is -1.04. The highest BCUT2D eigenvalue weighted by Crippen LogP contribution is 2.42. The van der Waals surface area contributed by atoms with Gasteiger partial charge in [-0.05, 0) is 56.3 Å². The molecule has 4 aromatic rings. The molecule has 3 heterocycles. The number of para-hydroxylation sites is 1. The van der Waals surface area contributed by atoms with E-state index < -0.39 is 18.0 Å². The maximum Gasteiger partial charge on any atom is 0.339 e. The quantitative estimate of drug-likeness (QED) is 0.325. The van der Waals surface area contributed by atoms with Crippen molar-refractivity contribution >= 4 is 39.1 Å². The molecule has 7 nitrogen and oxygen atoms in total. The number of nitrogens with zero attached hydrogens (tertiary/aromatic N) is 3. The van der Waals surface area contributed by atoms with Crippen LogP contribution in [0.2, 0.25) is 0 Å². The van der Waals surface area contributed by atoms with E-state index in [1.54, 1.807) is 6.92 Å². The van der Waals surface area contributed by atoms with Crippen LogP contribution in [-0.2, 0) is 35.3 Å². The number of carbonyl (C=O) groups excluding carboxylic acids is 2. The third kappa shape index (κ3) is 4.87. The fourth-order valence-corrected chi connectivity index (χ4v) is 7.13. The lowest BCUT2D eigenvalue weighted by Gasteiger charge is -2.27. The average molecular weight is 551 g/mol. The van der Waals surface area contributed by atoms with Crippen LogP contribution in [0, 0.1) is 11.3 Å². The minimum Gasteiger partial charge on any atom is -0.449 e. The number of anilines is 1. The largest absolute Gasteiger partial charge is 0.449 e. The third-order valence-electron chi connectivity index (χ3n) is 7.98. The molecule has 1 aliphatic carbocycles. The number of nitriles is 1. The zero-order valence-electron chi connectivity index (χ0n) is 22.6. The predicted molar refractivity (Wildman–Crippen MR) is 156 cm³/mol. The molecule has 1 amide bonds. The summed E-state index contributed by atoms with van der Waals surface area (Å²) in [7, 11) is 2.01. The molecule has 2 aliphatic rings. The van der Waals surface area contributed by atoms with Gasteiger partial charge in [0.2, 0.25) is 0 Å². The van der Waals surface area contributed by atoms with Crippen LogP contribution in [0.4, 0.5) is 5.00 Å². The van der Waals surface area contributed by atoms with Gasteiger partial charge >= 0.3 is 5.97 Å². The zero-order chi connectivity index (χ0) is 27.8. The van der Waals surface area contributed by atoms with E-state index in [0.29, 0.717) is 28.6 Å². The number of aromatic nitrogens is 1. The molecule has 0 saturated carbocycles. The van der Waals surface area contributed by atoms with Crippen molar-refractivity contribution in [1.82, 2.24) is 9.88 Å². The number of hydrogen-bond donors (Lipinski definition) is 1. The molecule has 0 bridgehead atoms. The van der Waals surface area contributed by atoms with Gasteiger partial charge in [0.15, 0.2) is 6.10 Å². The molecule has 202 valence electrons. The average Bonchev–Trinajstić information content (AvgIpc) is 3.32. The highest BCUT2D eigenvalue weighted by molar-refractivity contribution is 7.16. The molecule has 0 fully saturated rings. The lowest BCUT2D eigenvalue weighted by Crippen LogP contribution is -2.32. The first kappa shape index (κ1) is 26.2. The van der Waals surface area contributed by atoms with Gasteiger partial charge in [0.25, 0.3) is 5.91 Å². The van der Waals surface area contributed by atoms with Crippen molar-refractivity contribution in [3.05, 3.63) is 93.0 Å². The maximum absolute atomic E-state index is 13.6. The van der Waals surface area contributed by atoms with E-state index >= 15 is 0 Å². The summed E-state index contributed by atoms with van der Waals surface area (Å²) in [4.78, 5) is 34.9. The number of amides is 1. The molecule has 1 N–H and O–H groups in total. The third-order valence-corrected chi connectivity index (χ3v) is 9.15. The van der Waals surface area contributed by atoms with Crippen LogP contribution in [0.15, 0.2) is 54.6 Å². The van der Waals surface area contributed by atoms with Crippen molar-refractivity contribution in [2.45, 2.75) is 51.2 Å². The van der Waals surface area contributed by atoms with Crippen molar-refractivity contribution in [2.75, 3.05) is 18.9 Å². The summed E-state index contributed by atoms with van der Waals surface area (Å²) in [6.45, 7) is 3.03. The second-order valence-corrected chi connectivity index (χ2v) is 11.7. The number of pyridine rings is 1. The minimum absolute atomic E-state index is 0.391. The highest BCUT2D eigenvalue weighted by Gasteiger charge is 2.30. The van der Waals surface area contributed by atoms with Gasteiger partial charge in [0.1, 0.15) is 11.1 Å². The fraction of sp³-hybridized carbons (Fsp3) is 0.312. The van der Waals surface area contributed by atoms with Gasteiger partial charge < -0.3 is 15.0 Å². The molecule has 2 unspecified atom stereocenters. The Morgan fingerprint density at radius 2 is 1.90 bits per heavy atom. The van der Waals surface area contributed by atoms with Crippen LogP contribution in [0.1, 0.15) is 62.4 Å². The maximum atomic E-state index is 13.6. The molecule has 1 aliphatic heterocycles. The van der Waals surface area contributed by atoms with Crippen molar-refractivity contribution in [3.63, 3.8) is 0 Å². The number of hydrogen-bond acceptors (Lipinski definition) is 7. The van der Waals surface area contributed by atoms with E-state index in [4.69, 9.17) is 9.72 Å². The first-order valence-corrected chi connectivity index (χ1v) is 14.4. The first-order chi connectivity index (χ1) is 19.4.